The quantitative estimate of drug-likeness (QED) is 0.757. The molecule has 106 valence electrons. The van der Waals surface area contributed by atoms with E-state index in [1.165, 1.54) is 30.5 Å². The second-order valence-corrected chi connectivity index (χ2v) is 4.98. The molecule has 1 amide bonds. The van der Waals surface area contributed by atoms with E-state index < -0.39 is 28.7 Å². The minimum Gasteiger partial charge on any atom is -0.492 e. The first kappa shape index (κ1) is 13.3. The molecule has 0 aliphatic rings. The summed E-state index contributed by atoms with van der Waals surface area (Å²) in [5.41, 5.74) is -1.33. The molecule has 2 N–H and O–H groups in total. The van der Waals surface area contributed by atoms with Crippen LogP contribution < -0.4 is 10.9 Å². The molecule has 6 nitrogen and oxygen atoms in total. The molecule has 8 heteroatoms. The maximum atomic E-state index is 13.5. The standard InChI is InChI=1S/C13H8FN3O3S/c14-7-3-1-2-4-8(7)15-10(18)9-11(19)16-13-17(12(9)20)5-6-21-13/h1-6,19H,(H,15,18). The Kier molecular flexibility index (Phi) is 3.15. The van der Waals surface area contributed by atoms with E-state index in [-0.39, 0.29) is 10.6 Å². The number of halogens is 1. The molecule has 21 heavy (non-hydrogen) atoms. The third kappa shape index (κ3) is 2.25. The zero-order valence-electron chi connectivity index (χ0n) is 10.4. The molecule has 3 rings (SSSR count). The van der Waals surface area contributed by atoms with Crippen LogP contribution in [0, 0.1) is 5.82 Å². The minimum atomic E-state index is -0.921. The van der Waals surface area contributed by atoms with Crippen LogP contribution in [0.2, 0.25) is 0 Å². The molecular formula is C13H8FN3O3S. The van der Waals surface area contributed by atoms with Crippen molar-refractivity contribution in [1.82, 2.24) is 9.38 Å². The number of para-hydroxylation sites is 1. The summed E-state index contributed by atoms with van der Waals surface area (Å²) in [6.45, 7) is 0. The Morgan fingerprint density at radius 3 is 2.90 bits per heavy atom. The second-order valence-electron chi connectivity index (χ2n) is 4.11. The molecule has 0 unspecified atom stereocenters. The third-order valence-corrected chi connectivity index (χ3v) is 3.55. The molecule has 0 spiro atoms. The Labute approximate surface area is 121 Å². The van der Waals surface area contributed by atoms with Crippen LogP contribution in [0.15, 0.2) is 40.6 Å². The molecule has 2 aromatic heterocycles. The zero-order chi connectivity index (χ0) is 15.0. The van der Waals surface area contributed by atoms with Crippen LogP contribution in [0.25, 0.3) is 4.96 Å². The molecule has 0 atom stereocenters. The summed E-state index contributed by atoms with van der Waals surface area (Å²) in [5, 5.41) is 13.6. The average molecular weight is 305 g/mol. The number of aromatic nitrogens is 2. The van der Waals surface area contributed by atoms with Gasteiger partial charge in [-0.2, -0.15) is 4.98 Å². The number of carbonyl (C=O) groups is 1. The van der Waals surface area contributed by atoms with Gasteiger partial charge in [-0.1, -0.05) is 12.1 Å². The van der Waals surface area contributed by atoms with E-state index in [9.17, 15) is 19.1 Å². The van der Waals surface area contributed by atoms with Crippen molar-refractivity contribution in [3.8, 4) is 5.88 Å². The van der Waals surface area contributed by atoms with Crippen LogP contribution in [0.3, 0.4) is 0 Å². The van der Waals surface area contributed by atoms with Gasteiger partial charge in [0.25, 0.3) is 11.5 Å². The van der Waals surface area contributed by atoms with Gasteiger partial charge in [0.05, 0.1) is 5.69 Å². The van der Waals surface area contributed by atoms with E-state index in [1.807, 2.05) is 0 Å². The highest BCUT2D eigenvalue weighted by Crippen LogP contribution is 2.18. The monoisotopic (exact) mass is 305 g/mol. The minimum absolute atomic E-state index is 0.0864. The Morgan fingerprint density at radius 1 is 1.38 bits per heavy atom. The fourth-order valence-corrected chi connectivity index (χ4v) is 2.52. The van der Waals surface area contributed by atoms with Crippen molar-refractivity contribution >= 4 is 27.9 Å². The van der Waals surface area contributed by atoms with Gasteiger partial charge in [0.15, 0.2) is 10.5 Å². The Bertz CT molecular complexity index is 903. The van der Waals surface area contributed by atoms with Crippen molar-refractivity contribution < 1.29 is 14.3 Å². The van der Waals surface area contributed by atoms with Crippen LogP contribution in [-0.4, -0.2) is 20.4 Å². The SMILES string of the molecule is O=C(Nc1ccccc1F)c1c(O)nc2sccn2c1=O. The second kappa shape index (κ2) is 4.98. The number of benzene rings is 1. The van der Waals surface area contributed by atoms with Crippen molar-refractivity contribution in [2.24, 2.45) is 0 Å². The van der Waals surface area contributed by atoms with Crippen molar-refractivity contribution in [3.63, 3.8) is 0 Å². The molecule has 2 heterocycles. The van der Waals surface area contributed by atoms with Crippen LogP contribution in [0.5, 0.6) is 5.88 Å². The Morgan fingerprint density at radius 2 is 2.14 bits per heavy atom. The molecule has 0 fully saturated rings. The fraction of sp³-hybridized carbons (Fsp3) is 0. The Balaban J connectivity index is 2.06. The van der Waals surface area contributed by atoms with Gasteiger partial charge >= 0.3 is 0 Å². The molecule has 0 bridgehead atoms. The maximum absolute atomic E-state index is 13.5. The van der Waals surface area contributed by atoms with Gasteiger partial charge < -0.3 is 10.4 Å². The third-order valence-electron chi connectivity index (χ3n) is 2.80. The predicted octanol–water partition coefficient (Wildman–Crippen LogP) is 1.85. The highest BCUT2D eigenvalue weighted by molar-refractivity contribution is 7.15. The van der Waals surface area contributed by atoms with Gasteiger partial charge in [-0.05, 0) is 12.1 Å². The number of rotatable bonds is 2. The Hall–Kier alpha value is -2.74. The van der Waals surface area contributed by atoms with Crippen molar-refractivity contribution in [2.75, 3.05) is 5.32 Å². The summed E-state index contributed by atoms with van der Waals surface area (Å²) in [6, 6.07) is 5.52. The van der Waals surface area contributed by atoms with Crippen LogP contribution in [0.4, 0.5) is 10.1 Å². The van der Waals surface area contributed by atoms with Gasteiger partial charge in [-0.15, -0.1) is 11.3 Å². The molecule has 0 saturated carbocycles. The number of aromatic hydroxyl groups is 1. The van der Waals surface area contributed by atoms with Gasteiger partial charge in [0, 0.05) is 11.6 Å². The van der Waals surface area contributed by atoms with E-state index in [0.29, 0.717) is 0 Å². The van der Waals surface area contributed by atoms with Gasteiger partial charge in [0.2, 0.25) is 5.88 Å². The normalized spacial score (nSPS) is 10.7. The number of amides is 1. The lowest BCUT2D eigenvalue weighted by atomic mass is 10.2. The highest BCUT2D eigenvalue weighted by Gasteiger charge is 2.21. The first-order valence-electron chi connectivity index (χ1n) is 5.82. The zero-order valence-corrected chi connectivity index (χ0v) is 11.2. The number of nitrogens with one attached hydrogen (secondary N) is 1. The molecule has 0 aliphatic carbocycles. The summed E-state index contributed by atoms with van der Waals surface area (Å²) >= 11 is 1.14. The van der Waals surface area contributed by atoms with Crippen LogP contribution in [-0.2, 0) is 0 Å². The molecule has 0 aliphatic heterocycles. The number of anilines is 1. The first-order valence-corrected chi connectivity index (χ1v) is 6.70. The number of nitrogens with zero attached hydrogens (tertiary/aromatic N) is 2. The molecule has 3 aromatic rings. The summed E-state index contributed by atoms with van der Waals surface area (Å²) in [6.07, 6.45) is 1.44. The van der Waals surface area contributed by atoms with Crippen molar-refractivity contribution in [3.05, 3.63) is 57.6 Å². The number of carbonyl (C=O) groups excluding carboxylic acids is 1. The van der Waals surface area contributed by atoms with E-state index in [0.717, 1.165) is 15.7 Å². The summed E-state index contributed by atoms with van der Waals surface area (Å²) in [4.78, 5) is 28.3. The van der Waals surface area contributed by atoms with Crippen LogP contribution >= 0.6 is 11.3 Å². The van der Waals surface area contributed by atoms with Gasteiger partial charge in [-0.25, -0.2) is 4.39 Å². The molecular weight excluding hydrogens is 297 g/mol. The first-order chi connectivity index (χ1) is 10.1. The average Bonchev–Trinajstić information content (AvgIpc) is 2.90. The highest BCUT2D eigenvalue weighted by atomic mass is 32.1. The lowest BCUT2D eigenvalue weighted by molar-refractivity contribution is 0.102. The number of hydrogen-bond acceptors (Lipinski definition) is 5. The largest absolute Gasteiger partial charge is 0.492 e. The van der Waals surface area contributed by atoms with Crippen LogP contribution in [0.1, 0.15) is 10.4 Å². The molecule has 0 radical (unpaired) electrons. The number of fused-ring (bicyclic) bond motifs is 1. The summed E-state index contributed by atoms with van der Waals surface area (Å²) in [5.74, 6) is -2.25. The van der Waals surface area contributed by atoms with E-state index in [2.05, 4.69) is 10.3 Å². The molecule has 1 aromatic carbocycles. The fourth-order valence-electron chi connectivity index (χ4n) is 1.82. The predicted molar refractivity (Wildman–Crippen MR) is 75.4 cm³/mol. The van der Waals surface area contributed by atoms with E-state index in [4.69, 9.17) is 0 Å². The van der Waals surface area contributed by atoms with Gasteiger partial charge in [0.1, 0.15) is 5.82 Å². The summed E-state index contributed by atoms with van der Waals surface area (Å²) in [7, 11) is 0. The van der Waals surface area contributed by atoms with E-state index in [1.54, 1.807) is 5.38 Å². The summed E-state index contributed by atoms with van der Waals surface area (Å²) < 4.78 is 14.6. The maximum Gasteiger partial charge on any atom is 0.275 e. The van der Waals surface area contributed by atoms with E-state index >= 15 is 0 Å². The topological polar surface area (TPSA) is 83.7 Å². The lowest BCUT2D eigenvalue weighted by Gasteiger charge is -2.07. The van der Waals surface area contributed by atoms with Crippen molar-refractivity contribution in [1.29, 1.82) is 0 Å². The van der Waals surface area contributed by atoms with Crippen molar-refractivity contribution in [2.45, 2.75) is 0 Å². The number of thiazole rings is 1. The smallest absolute Gasteiger partial charge is 0.275 e. The molecule has 0 saturated heterocycles. The lowest BCUT2D eigenvalue weighted by Crippen LogP contribution is -2.26. The number of hydrogen-bond donors (Lipinski definition) is 2. The van der Waals surface area contributed by atoms with Gasteiger partial charge in [-0.3, -0.25) is 14.0 Å².